The van der Waals surface area contributed by atoms with Crippen LogP contribution < -0.4 is 4.74 Å². The van der Waals surface area contributed by atoms with Gasteiger partial charge in [-0.1, -0.05) is 12.1 Å². The third kappa shape index (κ3) is 2.84. The van der Waals surface area contributed by atoms with Crippen LogP contribution >= 0.6 is 0 Å². The number of aromatic nitrogens is 2. The minimum absolute atomic E-state index is 0.0539. The van der Waals surface area contributed by atoms with Gasteiger partial charge in [0.05, 0.1) is 13.5 Å². The number of carboxylic acid groups (broad SMARTS) is 1. The van der Waals surface area contributed by atoms with Crippen molar-refractivity contribution in [3.63, 3.8) is 0 Å². The van der Waals surface area contributed by atoms with Gasteiger partial charge in [-0.3, -0.25) is 4.79 Å². The Labute approximate surface area is 129 Å². The maximum Gasteiger partial charge on any atom is 0.304 e. The molecule has 3 rings (SSSR count). The van der Waals surface area contributed by atoms with E-state index in [9.17, 15) is 9.90 Å². The first kappa shape index (κ1) is 14.6. The molecule has 116 valence electrons. The summed E-state index contributed by atoms with van der Waals surface area (Å²) < 4.78 is 7.46. The molecule has 1 unspecified atom stereocenters. The highest BCUT2D eigenvalue weighted by atomic mass is 16.5. The third-order valence-electron chi connectivity index (χ3n) is 4.23. The number of aliphatic carboxylic acids is 1. The Morgan fingerprint density at radius 2 is 2.32 bits per heavy atom. The number of rotatable bonds is 5. The van der Waals surface area contributed by atoms with Crippen molar-refractivity contribution >= 4 is 5.97 Å². The molecule has 1 aliphatic heterocycles. The summed E-state index contributed by atoms with van der Waals surface area (Å²) in [5.74, 6) is 0.803. The van der Waals surface area contributed by atoms with Crippen molar-refractivity contribution < 1.29 is 14.6 Å². The molecule has 0 radical (unpaired) electrons. The Kier molecular flexibility index (Phi) is 4.13. The van der Waals surface area contributed by atoms with Gasteiger partial charge in [0.25, 0.3) is 0 Å². The summed E-state index contributed by atoms with van der Waals surface area (Å²) in [6.45, 7) is 0.921. The van der Waals surface area contributed by atoms with E-state index < -0.39 is 5.97 Å². The maximum absolute atomic E-state index is 11.3. The fourth-order valence-electron chi connectivity index (χ4n) is 3.14. The number of carbonyl (C=O) groups is 1. The summed E-state index contributed by atoms with van der Waals surface area (Å²) in [7, 11) is 1.62. The zero-order chi connectivity index (χ0) is 15.5. The molecule has 1 aromatic carbocycles. The molecule has 0 saturated carbocycles. The zero-order valence-electron chi connectivity index (χ0n) is 12.7. The Morgan fingerprint density at radius 3 is 3.09 bits per heavy atom. The van der Waals surface area contributed by atoms with Crippen LogP contribution in [0.15, 0.2) is 30.5 Å². The first-order valence-corrected chi connectivity index (χ1v) is 7.59. The predicted octanol–water partition coefficient (Wildman–Crippen LogP) is 2.83. The fraction of sp³-hybridized carbons (Fsp3) is 0.412. The highest BCUT2D eigenvalue weighted by molar-refractivity contribution is 5.69. The normalized spacial score (nSPS) is 15.1. The summed E-state index contributed by atoms with van der Waals surface area (Å²) in [5.41, 5.74) is 1.94. The molecular formula is C17H20N2O3. The van der Waals surface area contributed by atoms with E-state index in [0.717, 1.165) is 48.6 Å². The molecule has 0 bridgehead atoms. The average Bonchev–Trinajstić information content (AvgIpc) is 2.96. The molecule has 2 aromatic rings. The topological polar surface area (TPSA) is 64.3 Å². The van der Waals surface area contributed by atoms with Gasteiger partial charge in [0.1, 0.15) is 11.6 Å². The standard InChI is InChI=1S/C17H20N2O3/c1-22-13-6-4-5-12(9-13)14(10-17(20)21)15-11-18-16-7-2-3-8-19(15)16/h4-6,9,11,14H,2-3,7-8,10H2,1H3,(H,20,21). The van der Waals surface area contributed by atoms with Crippen LogP contribution in [0.4, 0.5) is 0 Å². The minimum atomic E-state index is -0.806. The van der Waals surface area contributed by atoms with Crippen molar-refractivity contribution in [3.05, 3.63) is 47.5 Å². The van der Waals surface area contributed by atoms with E-state index >= 15 is 0 Å². The largest absolute Gasteiger partial charge is 0.497 e. The van der Waals surface area contributed by atoms with Crippen LogP contribution in [0, 0.1) is 0 Å². The second kappa shape index (κ2) is 6.22. The molecule has 0 amide bonds. The van der Waals surface area contributed by atoms with Crippen molar-refractivity contribution in [2.45, 2.75) is 38.1 Å². The SMILES string of the molecule is COc1cccc(C(CC(=O)O)c2cnc3n2CCCC3)c1. The number of hydrogen-bond donors (Lipinski definition) is 1. The summed E-state index contributed by atoms with van der Waals surface area (Å²) >= 11 is 0. The monoisotopic (exact) mass is 300 g/mol. The Balaban J connectivity index is 2.02. The average molecular weight is 300 g/mol. The van der Waals surface area contributed by atoms with E-state index in [-0.39, 0.29) is 12.3 Å². The van der Waals surface area contributed by atoms with Gasteiger partial charge in [0, 0.05) is 30.8 Å². The van der Waals surface area contributed by atoms with Gasteiger partial charge in [-0.15, -0.1) is 0 Å². The van der Waals surface area contributed by atoms with Crippen molar-refractivity contribution in [2.24, 2.45) is 0 Å². The molecule has 22 heavy (non-hydrogen) atoms. The van der Waals surface area contributed by atoms with E-state index in [1.54, 1.807) is 7.11 Å². The number of nitrogens with zero attached hydrogens (tertiary/aromatic N) is 2. The summed E-state index contributed by atoms with van der Waals surface area (Å²) in [6.07, 6.45) is 5.14. The number of methoxy groups -OCH3 is 1. The van der Waals surface area contributed by atoms with Crippen LogP contribution in [-0.4, -0.2) is 27.7 Å². The van der Waals surface area contributed by atoms with Gasteiger partial charge >= 0.3 is 5.97 Å². The Morgan fingerprint density at radius 1 is 1.45 bits per heavy atom. The number of benzene rings is 1. The molecule has 1 N–H and O–H groups in total. The number of hydrogen-bond acceptors (Lipinski definition) is 3. The number of carboxylic acids is 1. The van der Waals surface area contributed by atoms with E-state index in [0.29, 0.717) is 0 Å². The molecule has 0 aliphatic carbocycles. The first-order chi connectivity index (χ1) is 10.7. The predicted molar refractivity (Wildman–Crippen MR) is 82.3 cm³/mol. The van der Waals surface area contributed by atoms with Crippen LogP contribution in [0.1, 0.15) is 42.3 Å². The van der Waals surface area contributed by atoms with Crippen LogP contribution in [0.25, 0.3) is 0 Å². The molecule has 5 nitrogen and oxygen atoms in total. The molecule has 2 heterocycles. The molecule has 1 aliphatic rings. The summed E-state index contributed by atoms with van der Waals surface area (Å²) in [5, 5.41) is 9.31. The lowest BCUT2D eigenvalue weighted by Gasteiger charge is -2.22. The van der Waals surface area contributed by atoms with Crippen molar-refractivity contribution in [1.82, 2.24) is 9.55 Å². The van der Waals surface area contributed by atoms with E-state index in [1.165, 1.54) is 0 Å². The number of imidazole rings is 1. The van der Waals surface area contributed by atoms with Crippen LogP contribution in [0.2, 0.25) is 0 Å². The zero-order valence-corrected chi connectivity index (χ0v) is 12.7. The van der Waals surface area contributed by atoms with Crippen LogP contribution in [-0.2, 0) is 17.8 Å². The molecule has 5 heteroatoms. The van der Waals surface area contributed by atoms with Gasteiger partial charge < -0.3 is 14.4 Å². The molecule has 0 fully saturated rings. The summed E-state index contributed by atoms with van der Waals surface area (Å²) in [6, 6.07) is 7.64. The molecule has 1 aromatic heterocycles. The number of fused-ring (bicyclic) bond motifs is 1. The van der Waals surface area contributed by atoms with Gasteiger partial charge in [0.15, 0.2) is 0 Å². The molecule has 1 atom stereocenters. The van der Waals surface area contributed by atoms with Crippen molar-refractivity contribution in [1.29, 1.82) is 0 Å². The Hall–Kier alpha value is -2.30. The van der Waals surface area contributed by atoms with Crippen molar-refractivity contribution in [3.8, 4) is 5.75 Å². The van der Waals surface area contributed by atoms with Crippen molar-refractivity contribution in [2.75, 3.05) is 7.11 Å². The molecule has 0 saturated heterocycles. The number of aryl methyl sites for hydroxylation is 1. The van der Waals surface area contributed by atoms with Gasteiger partial charge in [-0.25, -0.2) is 4.98 Å². The molecule has 0 spiro atoms. The smallest absolute Gasteiger partial charge is 0.304 e. The minimum Gasteiger partial charge on any atom is -0.497 e. The van der Waals surface area contributed by atoms with Gasteiger partial charge in [-0.2, -0.15) is 0 Å². The number of ether oxygens (including phenoxy) is 1. The Bertz CT molecular complexity index is 678. The quantitative estimate of drug-likeness (QED) is 0.922. The van der Waals surface area contributed by atoms with Crippen LogP contribution in [0.3, 0.4) is 0 Å². The van der Waals surface area contributed by atoms with Gasteiger partial charge in [-0.05, 0) is 30.5 Å². The summed E-state index contributed by atoms with van der Waals surface area (Å²) in [4.78, 5) is 15.8. The lowest BCUT2D eigenvalue weighted by molar-refractivity contribution is -0.137. The van der Waals surface area contributed by atoms with Gasteiger partial charge in [0.2, 0.25) is 0 Å². The van der Waals surface area contributed by atoms with E-state index in [4.69, 9.17) is 4.74 Å². The lowest BCUT2D eigenvalue weighted by Crippen LogP contribution is -2.17. The fourth-order valence-corrected chi connectivity index (χ4v) is 3.14. The first-order valence-electron chi connectivity index (χ1n) is 7.59. The van der Waals surface area contributed by atoms with E-state index in [2.05, 4.69) is 9.55 Å². The molecular weight excluding hydrogens is 280 g/mol. The highest BCUT2D eigenvalue weighted by Gasteiger charge is 2.25. The lowest BCUT2D eigenvalue weighted by atomic mass is 9.92. The third-order valence-corrected chi connectivity index (χ3v) is 4.23. The van der Waals surface area contributed by atoms with E-state index in [1.807, 2.05) is 30.5 Å². The second-order valence-electron chi connectivity index (χ2n) is 5.64. The maximum atomic E-state index is 11.3. The highest BCUT2D eigenvalue weighted by Crippen LogP contribution is 2.32. The second-order valence-corrected chi connectivity index (χ2v) is 5.64. The van der Waals surface area contributed by atoms with Crippen LogP contribution in [0.5, 0.6) is 5.75 Å².